The Labute approximate surface area is 367 Å². The summed E-state index contributed by atoms with van der Waals surface area (Å²) in [6.45, 7) is 15.2. The van der Waals surface area contributed by atoms with Gasteiger partial charge in [-0.3, -0.25) is 19.2 Å². The Morgan fingerprint density at radius 3 is 2.26 bits per heavy atom. The van der Waals surface area contributed by atoms with E-state index in [0.717, 1.165) is 0 Å². The van der Waals surface area contributed by atoms with Gasteiger partial charge in [-0.2, -0.15) is 0 Å². The van der Waals surface area contributed by atoms with Gasteiger partial charge in [-0.05, 0) is 72.0 Å². The van der Waals surface area contributed by atoms with Gasteiger partial charge in [0.2, 0.25) is 0 Å². The van der Waals surface area contributed by atoms with Gasteiger partial charge in [-0.15, -0.1) is 0 Å². The lowest BCUT2D eigenvalue weighted by atomic mass is 9.82. The number of hydrogen-bond donors (Lipinski definition) is 2. The maximum atomic E-state index is 13.4. The summed E-state index contributed by atoms with van der Waals surface area (Å²) in [5.41, 5.74) is -1.51. The van der Waals surface area contributed by atoms with Gasteiger partial charge in [0.25, 0.3) is 0 Å². The lowest BCUT2D eigenvalue weighted by Crippen LogP contribution is -2.66. The number of esters is 4. The van der Waals surface area contributed by atoms with E-state index >= 15 is 0 Å². The van der Waals surface area contributed by atoms with Crippen LogP contribution in [0, 0.1) is 17.8 Å². The van der Waals surface area contributed by atoms with Crippen LogP contribution in [0.1, 0.15) is 107 Å². The lowest BCUT2D eigenvalue weighted by Gasteiger charge is -2.50. The smallest absolute Gasteiger partial charge is 0.309 e. The molecule has 354 valence electrons. The Morgan fingerprint density at radius 1 is 0.984 bits per heavy atom. The third kappa shape index (κ3) is 15.5. The number of carbonyl (C=O) groups is 5. The van der Waals surface area contributed by atoms with Gasteiger partial charge in [0, 0.05) is 46.1 Å². The topological polar surface area (TPSA) is 212 Å². The molecular formula is C45H73NO16. The molecule has 62 heavy (non-hydrogen) atoms. The molecule has 0 radical (unpaired) electrons. The van der Waals surface area contributed by atoms with Gasteiger partial charge in [0.15, 0.2) is 18.7 Å². The van der Waals surface area contributed by atoms with Crippen LogP contribution in [-0.2, 0) is 66.6 Å². The molecular weight excluding hydrogens is 810 g/mol. The van der Waals surface area contributed by atoms with Crippen molar-refractivity contribution in [3.05, 3.63) is 24.3 Å². The number of ether oxygens (including phenoxy) is 9. The third-order valence-electron chi connectivity index (χ3n) is 11.4. The van der Waals surface area contributed by atoms with Crippen LogP contribution in [0.15, 0.2) is 24.3 Å². The molecule has 0 aromatic rings. The molecule has 3 rings (SSSR count). The van der Waals surface area contributed by atoms with Crippen LogP contribution in [0.2, 0.25) is 0 Å². The zero-order valence-electron chi connectivity index (χ0n) is 38.6. The van der Waals surface area contributed by atoms with Gasteiger partial charge in [-0.1, -0.05) is 45.9 Å². The number of aliphatic hydroxyl groups excluding tert-OH is 1. The summed E-state index contributed by atoms with van der Waals surface area (Å²) in [6.07, 6.45) is -3.95. The highest BCUT2D eigenvalue weighted by molar-refractivity contribution is 5.72. The molecule has 0 aliphatic carbocycles. The van der Waals surface area contributed by atoms with E-state index in [1.807, 2.05) is 26.8 Å². The SMILES string of the molecule is CCC(=O)O[C@H]1C=CC=CC[C@@H](C)OC(=O)C[C@@H](OC(C)=O)[C@H](OC)[C@@H](O[C@@H]2O[C@H](C)[C@@H](O[C@H]3C[C@@](C)(O)[C@@H](OC(=O)CC(C)C)[C@H](C)O3)[C@H](N(C)C)[C@H]2O)[C@@H](CC=O)C[C@H]1C. The van der Waals surface area contributed by atoms with E-state index in [-0.39, 0.29) is 38.0 Å². The second kappa shape index (κ2) is 24.7. The van der Waals surface area contributed by atoms with Crippen molar-refractivity contribution in [2.45, 2.75) is 193 Å². The summed E-state index contributed by atoms with van der Waals surface area (Å²) in [6, 6.07) is -0.804. The van der Waals surface area contributed by atoms with E-state index < -0.39 is 127 Å². The van der Waals surface area contributed by atoms with Crippen molar-refractivity contribution in [1.29, 1.82) is 0 Å². The Kier molecular flexibility index (Phi) is 21.1. The van der Waals surface area contributed by atoms with Crippen molar-refractivity contribution < 1.29 is 76.8 Å². The van der Waals surface area contributed by atoms with Crippen LogP contribution >= 0.6 is 0 Å². The van der Waals surface area contributed by atoms with Crippen LogP contribution in [0.25, 0.3) is 0 Å². The molecule has 3 aliphatic heterocycles. The fraction of sp³-hybridized carbons (Fsp3) is 0.800. The number of cyclic esters (lactones) is 1. The summed E-state index contributed by atoms with van der Waals surface area (Å²) in [4.78, 5) is 65.3. The number of nitrogens with zero attached hydrogens (tertiary/aromatic N) is 1. The van der Waals surface area contributed by atoms with Crippen LogP contribution in [-0.4, -0.2) is 152 Å². The van der Waals surface area contributed by atoms with Crippen LogP contribution in [0.3, 0.4) is 0 Å². The number of hydrogen-bond acceptors (Lipinski definition) is 17. The van der Waals surface area contributed by atoms with Crippen molar-refractivity contribution in [3.8, 4) is 0 Å². The predicted octanol–water partition coefficient (Wildman–Crippen LogP) is 3.97. The Hall–Kier alpha value is -3.29. The summed E-state index contributed by atoms with van der Waals surface area (Å²) in [5.74, 6) is -3.31. The summed E-state index contributed by atoms with van der Waals surface area (Å²) in [5, 5.41) is 23.7. The summed E-state index contributed by atoms with van der Waals surface area (Å²) in [7, 11) is 4.85. The van der Waals surface area contributed by atoms with Crippen molar-refractivity contribution in [1.82, 2.24) is 4.90 Å². The molecule has 0 bridgehead atoms. The predicted molar refractivity (Wildman–Crippen MR) is 224 cm³/mol. The molecule has 3 heterocycles. The first-order chi connectivity index (χ1) is 29.1. The molecule has 2 fully saturated rings. The monoisotopic (exact) mass is 883 g/mol. The molecule has 0 unspecified atom stereocenters. The van der Waals surface area contributed by atoms with E-state index in [4.69, 9.17) is 42.6 Å². The average Bonchev–Trinajstić information content (AvgIpc) is 3.15. The molecule has 0 aromatic heterocycles. The van der Waals surface area contributed by atoms with Gasteiger partial charge in [0.1, 0.15) is 48.5 Å². The first-order valence-corrected chi connectivity index (χ1v) is 21.9. The molecule has 2 N–H and O–H groups in total. The molecule has 0 saturated carbocycles. The number of rotatable bonds is 14. The normalized spacial score (nSPS) is 37.7. The summed E-state index contributed by atoms with van der Waals surface area (Å²) >= 11 is 0. The first-order valence-electron chi connectivity index (χ1n) is 21.9. The molecule has 2 saturated heterocycles. The Morgan fingerprint density at radius 2 is 1.68 bits per heavy atom. The molecule has 16 atom stereocenters. The Bertz CT molecular complexity index is 1520. The maximum absolute atomic E-state index is 13.4. The largest absolute Gasteiger partial charge is 0.462 e. The highest BCUT2D eigenvalue weighted by Gasteiger charge is 2.53. The number of carbonyl (C=O) groups excluding carboxylic acids is 5. The molecule has 0 spiro atoms. The van der Waals surface area contributed by atoms with E-state index in [1.54, 1.807) is 71.8 Å². The minimum Gasteiger partial charge on any atom is -0.462 e. The number of methoxy groups -OCH3 is 1. The highest BCUT2D eigenvalue weighted by Crippen LogP contribution is 2.38. The second-order valence-electron chi connectivity index (χ2n) is 17.8. The molecule has 0 amide bonds. The standard InChI is InChI=1S/C45H73NO16/c1-13-34(49)59-32-18-16-14-15-17-27(5)55-36(51)23-33(58-30(8)48)42(54-12)41(31(19-20-47)22-26(32)4)62-44-39(52)38(46(10)11)40(28(6)57-44)61-37-24-45(9,53)43(29(7)56-37)60-35(50)21-25(2)3/h14-16,18,20,25-29,31-33,37-44,52-53H,13,17,19,21-24H2,1-12H3/t26-,27-,28-,29+,31+,32+,33-,37+,38-,39-,40-,41+,42+,43+,44+,45-/m1/s1. The quantitative estimate of drug-likeness (QED) is 0.144. The molecule has 17 nitrogen and oxygen atoms in total. The molecule has 0 aromatic carbocycles. The number of likely N-dealkylation sites (N-methyl/N-ethyl adjacent to an activating group) is 1. The van der Waals surface area contributed by atoms with Gasteiger partial charge >= 0.3 is 23.9 Å². The van der Waals surface area contributed by atoms with Gasteiger partial charge in [0.05, 0.1) is 30.8 Å². The minimum absolute atomic E-state index is 0.0572. The molecule has 3 aliphatic rings. The second-order valence-corrected chi connectivity index (χ2v) is 17.8. The fourth-order valence-electron chi connectivity index (χ4n) is 8.46. The van der Waals surface area contributed by atoms with E-state index in [1.165, 1.54) is 14.0 Å². The van der Waals surface area contributed by atoms with E-state index in [0.29, 0.717) is 12.7 Å². The Balaban J connectivity index is 2.03. The zero-order chi connectivity index (χ0) is 46.5. The summed E-state index contributed by atoms with van der Waals surface area (Å²) < 4.78 is 54.7. The van der Waals surface area contributed by atoms with E-state index in [9.17, 15) is 34.2 Å². The number of allylic oxidation sites excluding steroid dienone is 2. The number of aldehydes is 1. The van der Waals surface area contributed by atoms with Gasteiger partial charge in [-0.25, -0.2) is 0 Å². The third-order valence-corrected chi connectivity index (χ3v) is 11.4. The average molecular weight is 884 g/mol. The maximum Gasteiger partial charge on any atom is 0.309 e. The zero-order valence-corrected chi connectivity index (χ0v) is 38.6. The van der Waals surface area contributed by atoms with E-state index in [2.05, 4.69) is 0 Å². The van der Waals surface area contributed by atoms with Crippen molar-refractivity contribution in [3.63, 3.8) is 0 Å². The van der Waals surface area contributed by atoms with Crippen LogP contribution < -0.4 is 0 Å². The van der Waals surface area contributed by atoms with Gasteiger partial charge < -0.3 is 62.5 Å². The first kappa shape index (κ1) is 53.1. The molecule has 17 heteroatoms. The van der Waals surface area contributed by atoms with Crippen LogP contribution in [0.5, 0.6) is 0 Å². The van der Waals surface area contributed by atoms with Crippen molar-refractivity contribution in [2.75, 3.05) is 21.2 Å². The van der Waals surface area contributed by atoms with Crippen molar-refractivity contribution in [2.24, 2.45) is 17.8 Å². The minimum atomic E-state index is -1.51. The van der Waals surface area contributed by atoms with Crippen molar-refractivity contribution >= 4 is 30.2 Å². The number of aliphatic hydroxyl groups is 2. The van der Waals surface area contributed by atoms with Crippen LogP contribution in [0.4, 0.5) is 0 Å². The highest BCUT2D eigenvalue weighted by atomic mass is 16.7. The lowest BCUT2D eigenvalue weighted by molar-refractivity contribution is -0.344. The fourth-order valence-corrected chi connectivity index (χ4v) is 8.46.